The predicted molar refractivity (Wildman–Crippen MR) is 76.2 cm³/mol. The summed E-state index contributed by atoms with van der Waals surface area (Å²) in [5, 5.41) is 3.39. The van der Waals surface area contributed by atoms with Gasteiger partial charge >= 0.3 is 0 Å². The molecule has 1 atom stereocenters. The van der Waals surface area contributed by atoms with Crippen molar-refractivity contribution >= 4 is 21.6 Å². The van der Waals surface area contributed by atoms with E-state index in [4.69, 9.17) is 0 Å². The maximum absolute atomic E-state index is 11.7. The number of nitrogens with one attached hydrogen (secondary N) is 1. The highest BCUT2D eigenvalue weighted by Gasteiger charge is 2.18. The molecular formula is C13H19NO2S2. The summed E-state index contributed by atoms with van der Waals surface area (Å²) in [4.78, 5) is 1.31. The van der Waals surface area contributed by atoms with E-state index < -0.39 is 9.84 Å². The third-order valence-electron chi connectivity index (χ3n) is 3.36. The van der Waals surface area contributed by atoms with Crippen molar-refractivity contribution in [2.45, 2.75) is 28.6 Å². The highest BCUT2D eigenvalue weighted by atomic mass is 32.2. The Balaban J connectivity index is 2.35. The summed E-state index contributed by atoms with van der Waals surface area (Å²) < 4.78 is 23.3. The topological polar surface area (TPSA) is 46.2 Å². The molecular weight excluding hydrogens is 266 g/mol. The molecule has 0 amide bonds. The zero-order valence-electron chi connectivity index (χ0n) is 10.8. The van der Waals surface area contributed by atoms with E-state index in [9.17, 15) is 8.42 Å². The number of thioether (sulfide) groups is 1. The van der Waals surface area contributed by atoms with Crippen LogP contribution in [0.4, 0.5) is 0 Å². The highest BCUT2D eigenvalue weighted by Crippen LogP contribution is 2.31. The fourth-order valence-corrected chi connectivity index (χ4v) is 4.35. The zero-order chi connectivity index (χ0) is 13.2. The van der Waals surface area contributed by atoms with Gasteiger partial charge in [-0.2, -0.15) is 0 Å². The summed E-state index contributed by atoms with van der Waals surface area (Å²) in [7, 11) is -3.13. The predicted octanol–water partition coefficient (Wildman–Crippen LogP) is 2.28. The van der Waals surface area contributed by atoms with Crippen LogP contribution < -0.4 is 5.32 Å². The van der Waals surface area contributed by atoms with Gasteiger partial charge in [-0.1, -0.05) is 6.07 Å². The Morgan fingerprint density at radius 2 is 2.17 bits per heavy atom. The molecule has 18 heavy (non-hydrogen) atoms. The van der Waals surface area contributed by atoms with Crippen LogP contribution in [0.15, 0.2) is 28.0 Å². The molecule has 1 aromatic rings. The van der Waals surface area contributed by atoms with Crippen molar-refractivity contribution in [2.24, 2.45) is 0 Å². The van der Waals surface area contributed by atoms with E-state index in [0.717, 1.165) is 18.0 Å². The Kier molecular flexibility index (Phi) is 4.35. The molecule has 1 saturated heterocycles. The van der Waals surface area contributed by atoms with Crippen LogP contribution in [0.2, 0.25) is 0 Å². The fourth-order valence-electron chi connectivity index (χ4n) is 2.38. The number of sulfone groups is 1. The van der Waals surface area contributed by atoms with Crippen molar-refractivity contribution in [1.29, 1.82) is 0 Å². The maximum Gasteiger partial charge on any atom is 0.176 e. The third kappa shape index (κ3) is 3.08. The SMILES string of the molecule is CSc1cc(C2CCCNC2)ccc1S(C)(=O)=O. The van der Waals surface area contributed by atoms with Crippen molar-refractivity contribution in [3.63, 3.8) is 0 Å². The standard InChI is InChI=1S/C13H19NO2S2/c1-17-12-8-10(11-4-3-7-14-9-11)5-6-13(12)18(2,15)16/h5-6,8,11,14H,3-4,7,9H2,1-2H3. The zero-order valence-corrected chi connectivity index (χ0v) is 12.4. The first-order chi connectivity index (χ1) is 8.52. The summed E-state index contributed by atoms with van der Waals surface area (Å²) in [5.74, 6) is 0.512. The van der Waals surface area contributed by atoms with Gasteiger partial charge in [0, 0.05) is 17.7 Å². The van der Waals surface area contributed by atoms with Gasteiger partial charge in [0.25, 0.3) is 0 Å². The average molecular weight is 285 g/mol. The van der Waals surface area contributed by atoms with Crippen molar-refractivity contribution in [1.82, 2.24) is 5.32 Å². The van der Waals surface area contributed by atoms with Gasteiger partial charge in [0.1, 0.15) is 0 Å². The van der Waals surface area contributed by atoms with Crippen LogP contribution in [0.1, 0.15) is 24.3 Å². The van der Waals surface area contributed by atoms with E-state index in [0.29, 0.717) is 10.8 Å². The minimum Gasteiger partial charge on any atom is -0.316 e. The second kappa shape index (κ2) is 5.63. The van der Waals surface area contributed by atoms with Gasteiger partial charge in [-0.25, -0.2) is 8.42 Å². The van der Waals surface area contributed by atoms with Crippen molar-refractivity contribution in [3.05, 3.63) is 23.8 Å². The summed E-state index contributed by atoms with van der Waals surface area (Å²) in [6, 6.07) is 5.76. The monoisotopic (exact) mass is 285 g/mol. The molecule has 0 saturated carbocycles. The fraction of sp³-hybridized carbons (Fsp3) is 0.538. The van der Waals surface area contributed by atoms with Gasteiger partial charge in [-0.05, 0) is 49.3 Å². The molecule has 1 aliphatic heterocycles. The number of rotatable bonds is 3. The molecule has 5 heteroatoms. The molecule has 0 bridgehead atoms. The summed E-state index contributed by atoms with van der Waals surface area (Å²) in [5.41, 5.74) is 1.25. The van der Waals surface area contributed by atoms with Gasteiger partial charge in [-0.3, -0.25) is 0 Å². The molecule has 1 fully saturated rings. The van der Waals surface area contributed by atoms with E-state index in [1.807, 2.05) is 18.4 Å². The first-order valence-electron chi connectivity index (χ1n) is 6.11. The highest BCUT2D eigenvalue weighted by molar-refractivity contribution is 7.99. The lowest BCUT2D eigenvalue weighted by atomic mass is 9.92. The van der Waals surface area contributed by atoms with E-state index in [1.54, 1.807) is 6.07 Å². The van der Waals surface area contributed by atoms with Gasteiger partial charge in [0.2, 0.25) is 0 Å². The Hall–Kier alpha value is -0.520. The molecule has 1 N–H and O–H groups in total. The van der Waals surface area contributed by atoms with Crippen LogP contribution in [0.5, 0.6) is 0 Å². The summed E-state index contributed by atoms with van der Waals surface area (Å²) in [6.07, 6.45) is 5.56. The molecule has 100 valence electrons. The molecule has 3 nitrogen and oxygen atoms in total. The minimum atomic E-state index is -3.13. The number of benzene rings is 1. The molecule has 0 spiro atoms. The normalized spacial score (nSPS) is 20.9. The molecule has 0 aromatic heterocycles. The van der Waals surface area contributed by atoms with E-state index in [1.165, 1.54) is 36.4 Å². The average Bonchev–Trinajstić information content (AvgIpc) is 2.38. The van der Waals surface area contributed by atoms with Gasteiger partial charge in [-0.15, -0.1) is 11.8 Å². The lowest BCUT2D eigenvalue weighted by Gasteiger charge is -2.23. The molecule has 0 radical (unpaired) electrons. The lowest BCUT2D eigenvalue weighted by Crippen LogP contribution is -2.28. The van der Waals surface area contributed by atoms with E-state index >= 15 is 0 Å². The van der Waals surface area contributed by atoms with Crippen molar-refractivity contribution < 1.29 is 8.42 Å². The molecule has 2 rings (SSSR count). The molecule has 1 heterocycles. The first kappa shape index (κ1) is 13.9. The Morgan fingerprint density at radius 1 is 1.39 bits per heavy atom. The van der Waals surface area contributed by atoms with Crippen LogP contribution in [-0.2, 0) is 9.84 Å². The third-order valence-corrected chi connectivity index (χ3v) is 5.42. The largest absolute Gasteiger partial charge is 0.316 e. The van der Waals surface area contributed by atoms with Crippen LogP contribution in [0.3, 0.4) is 0 Å². The van der Waals surface area contributed by atoms with Crippen LogP contribution in [0, 0.1) is 0 Å². The van der Waals surface area contributed by atoms with Crippen molar-refractivity contribution in [2.75, 3.05) is 25.6 Å². The minimum absolute atomic E-state index is 0.447. The van der Waals surface area contributed by atoms with Gasteiger partial charge in [0.15, 0.2) is 9.84 Å². The van der Waals surface area contributed by atoms with E-state index in [-0.39, 0.29) is 0 Å². The summed E-state index contributed by atoms with van der Waals surface area (Å²) >= 11 is 1.50. The van der Waals surface area contributed by atoms with Crippen molar-refractivity contribution in [3.8, 4) is 0 Å². The Bertz CT molecular complexity index is 520. The van der Waals surface area contributed by atoms with E-state index in [2.05, 4.69) is 5.32 Å². The second-order valence-electron chi connectivity index (χ2n) is 4.73. The number of hydrogen-bond donors (Lipinski definition) is 1. The first-order valence-corrected chi connectivity index (χ1v) is 9.22. The second-order valence-corrected chi connectivity index (χ2v) is 7.56. The Labute approximate surface area is 113 Å². The van der Waals surface area contributed by atoms with Crippen LogP contribution >= 0.6 is 11.8 Å². The Morgan fingerprint density at radius 3 is 2.72 bits per heavy atom. The van der Waals surface area contributed by atoms with Gasteiger partial charge < -0.3 is 5.32 Å². The molecule has 1 aromatic carbocycles. The smallest absolute Gasteiger partial charge is 0.176 e. The molecule has 0 aliphatic carbocycles. The quantitative estimate of drug-likeness (QED) is 0.866. The molecule has 1 aliphatic rings. The maximum atomic E-state index is 11.7. The van der Waals surface area contributed by atoms with Crippen LogP contribution in [-0.4, -0.2) is 34.0 Å². The van der Waals surface area contributed by atoms with Gasteiger partial charge in [0.05, 0.1) is 4.90 Å². The molecule has 1 unspecified atom stereocenters. The number of piperidine rings is 1. The van der Waals surface area contributed by atoms with Crippen LogP contribution in [0.25, 0.3) is 0 Å². The summed E-state index contributed by atoms with van der Waals surface area (Å²) in [6.45, 7) is 2.08. The lowest BCUT2D eigenvalue weighted by molar-refractivity contribution is 0.461. The number of hydrogen-bond acceptors (Lipinski definition) is 4.